The molecule has 3 rings (SSSR count). The Labute approximate surface area is 167 Å². The fraction of sp³-hybridized carbons (Fsp3) is 0.478. The minimum atomic E-state index is -0.576. The highest BCUT2D eigenvalue weighted by Crippen LogP contribution is 2.19. The summed E-state index contributed by atoms with van der Waals surface area (Å²) in [6.45, 7) is 5.39. The van der Waals surface area contributed by atoms with E-state index in [0.717, 1.165) is 44.0 Å². The maximum atomic E-state index is 10.6. The van der Waals surface area contributed by atoms with Gasteiger partial charge >= 0.3 is 0 Å². The quantitative estimate of drug-likeness (QED) is 0.679. The monoisotopic (exact) mass is 385 g/mol. The van der Waals surface area contributed by atoms with E-state index in [1.54, 1.807) is 7.11 Å². The second-order valence-corrected chi connectivity index (χ2v) is 7.40. The molecule has 0 saturated carbocycles. The van der Waals surface area contributed by atoms with Crippen LogP contribution in [0.15, 0.2) is 48.5 Å². The first-order chi connectivity index (χ1) is 13.6. The van der Waals surface area contributed by atoms with Gasteiger partial charge in [0, 0.05) is 26.2 Å². The Kier molecular flexibility index (Phi) is 7.71. The van der Waals surface area contributed by atoms with Crippen LogP contribution < -0.4 is 9.47 Å². The molecular weight excluding hydrogens is 354 g/mol. The van der Waals surface area contributed by atoms with Crippen LogP contribution in [0.4, 0.5) is 0 Å². The van der Waals surface area contributed by atoms with Crippen LogP contribution >= 0.6 is 0 Å². The SMILES string of the molecule is COc1ccc(OC[C@@H](O)CN(Cc2ccccc2C)C[C@@H]2CCCO2)cc1. The molecule has 2 atom stereocenters. The van der Waals surface area contributed by atoms with Crippen molar-refractivity contribution in [3.63, 3.8) is 0 Å². The lowest BCUT2D eigenvalue weighted by Crippen LogP contribution is -2.39. The third-order valence-electron chi connectivity index (χ3n) is 5.11. The highest BCUT2D eigenvalue weighted by Gasteiger charge is 2.22. The number of nitrogens with zero attached hydrogens (tertiary/aromatic N) is 1. The molecule has 1 saturated heterocycles. The molecule has 0 aliphatic carbocycles. The number of rotatable bonds is 10. The summed E-state index contributed by atoms with van der Waals surface area (Å²) in [6, 6.07) is 15.8. The van der Waals surface area contributed by atoms with Crippen LogP contribution in [0, 0.1) is 6.92 Å². The number of benzene rings is 2. The molecule has 5 heteroatoms. The summed E-state index contributed by atoms with van der Waals surface area (Å²) in [5.74, 6) is 1.51. The maximum absolute atomic E-state index is 10.6. The van der Waals surface area contributed by atoms with Crippen LogP contribution in [-0.2, 0) is 11.3 Å². The largest absolute Gasteiger partial charge is 0.497 e. The van der Waals surface area contributed by atoms with Crippen molar-refractivity contribution in [3.05, 3.63) is 59.7 Å². The lowest BCUT2D eigenvalue weighted by molar-refractivity contribution is 0.0313. The summed E-state index contributed by atoms with van der Waals surface area (Å²) in [4.78, 5) is 2.28. The Morgan fingerprint density at radius 2 is 1.89 bits per heavy atom. The van der Waals surface area contributed by atoms with Crippen molar-refractivity contribution >= 4 is 0 Å². The summed E-state index contributed by atoms with van der Waals surface area (Å²) in [7, 11) is 1.64. The molecule has 0 aromatic heterocycles. The number of hydrogen-bond donors (Lipinski definition) is 1. The lowest BCUT2D eigenvalue weighted by atomic mass is 10.1. The number of ether oxygens (including phenoxy) is 3. The first-order valence-corrected chi connectivity index (χ1v) is 9.97. The molecule has 2 aromatic carbocycles. The zero-order valence-electron chi connectivity index (χ0n) is 16.8. The van der Waals surface area contributed by atoms with Crippen LogP contribution in [0.5, 0.6) is 11.5 Å². The standard InChI is InChI=1S/C23H31NO4/c1-18-6-3-4-7-19(18)14-24(16-23-8-5-13-27-23)15-20(25)17-28-22-11-9-21(26-2)10-12-22/h3-4,6-7,9-12,20,23,25H,5,8,13-17H2,1-2H3/t20-,23-/m0/s1. The molecule has 1 heterocycles. The van der Waals surface area contributed by atoms with Crippen LogP contribution in [0.25, 0.3) is 0 Å². The lowest BCUT2D eigenvalue weighted by Gasteiger charge is -2.28. The number of hydrogen-bond acceptors (Lipinski definition) is 5. The summed E-state index contributed by atoms with van der Waals surface area (Å²) in [5, 5.41) is 10.6. The van der Waals surface area contributed by atoms with E-state index < -0.39 is 6.10 Å². The van der Waals surface area contributed by atoms with Crippen LogP contribution in [0.1, 0.15) is 24.0 Å². The van der Waals surface area contributed by atoms with Gasteiger partial charge in [-0.25, -0.2) is 0 Å². The minimum absolute atomic E-state index is 0.249. The van der Waals surface area contributed by atoms with Crippen LogP contribution in [0.3, 0.4) is 0 Å². The molecule has 28 heavy (non-hydrogen) atoms. The third kappa shape index (κ3) is 6.23. The molecule has 0 unspecified atom stereocenters. The van der Waals surface area contributed by atoms with Crippen molar-refractivity contribution < 1.29 is 19.3 Å². The molecule has 152 valence electrons. The summed E-state index contributed by atoms with van der Waals surface area (Å²) < 4.78 is 16.7. The summed E-state index contributed by atoms with van der Waals surface area (Å²) in [5.41, 5.74) is 2.55. The molecule has 1 N–H and O–H groups in total. The van der Waals surface area contributed by atoms with Gasteiger partial charge in [0.1, 0.15) is 24.2 Å². The van der Waals surface area contributed by atoms with E-state index in [2.05, 4.69) is 36.1 Å². The zero-order chi connectivity index (χ0) is 19.8. The molecule has 5 nitrogen and oxygen atoms in total. The van der Waals surface area contributed by atoms with Gasteiger partial charge in [0.05, 0.1) is 13.2 Å². The van der Waals surface area contributed by atoms with E-state index in [4.69, 9.17) is 14.2 Å². The van der Waals surface area contributed by atoms with Gasteiger partial charge in [-0.3, -0.25) is 4.90 Å². The Balaban J connectivity index is 1.56. The highest BCUT2D eigenvalue weighted by atomic mass is 16.5. The van der Waals surface area contributed by atoms with Gasteiger partial charge in [-0.15, -0.1) is 0 Å². The van der Waals surface area contributed by atoms with Crippen molar-refractivity contribution in [1.82, 2.24) is 4.90 Å². The Morgan fingerprint density at radius 3 is 2.57 bits per heavy atom. The predicted octanol–water partition coefficient (Wildman–Crippen LogP) is 3.42. The normalized spacial score (nSPS) is 17.6. The fourth-order valence-corrected chi connectivity index (χ4v) is 3.52. The van der Waals surface area contributed by atoms with Gasteiger partial charge in [-0.1, -0.05) is 24.3 Å². The van der Waals surface area contributed by atoms with Crippen molar-refractivity contribution in [1.29, 1.82) is 0 Å². The summed E-state index contributed by atoms with van der Waals surface area (Å²) >= 11 is 0. The molecule has 0 radical (unpaired) electrons. The zero-order valence-corrected chi connectivity index (χ0v) is 16.8. The van der Waals surface area contributed by atoms with Gasteiger partial charge in [0.15, 0.2) is 0 Å². The molecule has 0 spiro atoms. The topological polar surface area (TPSA) is 51.2 Å². The van der Waals surface area contributed by atoms with Crippen molar-refractivity contribution in [2.75, 3.05) is 33.4 Å². The van der Waals surface area contributed by atoms with E-state index in [9.17, 15) is 5.11 Å². The third-order valence-corrected chi connectivity index (χ3v) is 5.11. The molecular formula is C23H31NO4. The van der Waals surface area contributed by atoms with E-state index >= 15 is 0 Å². The van der Waals surface area contributed by atoms with Crippen LogP contribution in [-0.4, -0.2) is 55.6 Å². The molecule has 1 aliphatic heterocycles. The second-order valence-electron chi connectivity index (χ2n) is 7.40. The summed E-state index contributed by atoms with van der Waals surface area (Å²) in [6.07, 6.45) is 1.88. The molecule has 0 bridgehead atoms. The van der Waals surface area contributed by atoms with Crippen LogP contribution in [0.2, 0.25) is 0 Å². The molecule has 1 fully saturated rings. The number of methoxy groups -OCH3 is 1. The van der Waals surface area contributed by atoms with Gasteiger partial charge in [0.2, 0.25) is 0 Å². The van der Waals surface area contributed by atoms with Crippen molar-refractivity contribution in [2.45, 2.75) is 38.5 Å². The number of aliphatic hydroxyl groups excluding tert-OH is 1. The number of aryl methyl sites for hydroxylation is 1. The molecule has 0 amide bonds. The average Bonchev–Trinajstić information content (AvgIpc) is 3.21. The Morgan fingerprint density at radius 1 is 1.14 bits per heavy atom. The fourth-order valence-electron chi connectivity index (χ4n) is 3.52. The van der Waals surface area contributed by atoms with E-state index in [1.165, 1.54) is 11.1 Å². The van der Waals surface area contributed by atoms with Crippen molar-refractivity contribution in [2.24, 2.45) is 0 Å². The van der Waals surface area contributed by atoms with Gasteiger partial charge in [-0.2, -0.15) is 0 Å². The van der Waals surface area contributed by atoms with E-state index in [0.29, 0.717) is 6.54 Å². The Bertz CT molecular complexity index is 713. The van der Waals surface area contributed by atoms with Gasteiger partial charge in [-0.05, 0) is 55.2 Å². The van der Waals surface area contributed by atoms with E-state index in [-0.39, 0.29) is 12.7 Å². The molecule has 2 aromatic rings. The minimum Gasteiger partial charge on any atom is -0.497 e. The second kappa shape index (κ2) is 10.5. The van der Waals surface area contributed by atoms with Gasteiger partial charge < -0.3 is 19.3 Å². The van der Waals surface area contributed by atoms with Crippen molar-refractivity contribution in [3.8, 4) is 11.5 Å². The van der Waals surface area contributed by atoms with E-state index in [1.807, 2.05) is 24.3 Å². The average molecular weight is 386 g/mol. The first-order valence-electron chi connectivity index (χ1n) is 9.97. The molecule has 1 aliphatic rings. The predicted molar refractivity (Wildman–Crippen MR) is 110 cm³/mol. The maximum Gasteiger partial charge on any atom is 0.119 e. The highest BCUT2D eigenvalue weighted by molar-refractivity contribution is 5.31. The number of aliphatic hydroxyl groups is 1. The smallest absolute Gasteiger partial charge is 0.119 e. The first kappa shape index (κ1) is 20.6. The van der Waals surface area contributed by atoms with Gasteiger partial charge in [0.25, 0.3) is 0 Å². The Hall–Kier alpha value is -2.08.